The van der Waals surface area contributed by atoms with Crippen molar-refractivity contribution in [2.75, 3.05) is 13.7 Å². The van der Waals surface area contributed by atoms with E-state index in [1.54, 1.807) is 7.11 Å². The van der Waals surface area contributed by atoms with Crippen LogP contribution in [0.4, 0.5) is 0 Å². The molecule has 1 saturated heterocycles. The van der Waals surface area contributed by atoms with Crippen LogP contribution in [0.1, 0.15) is 24.4 Å². The third-order valence-electron chi connectivity index (χ3n) is 2.94. The van der Waals surface area contributed by atoms with Crippen LogP contribution >= 0.6 is 0 Å². The molecule has 0 saturated carbocycles. The molecule has 0 aromatic heterocycles. The second-order valence-electron chi connectivity index (χ2n) is 4.07. The fraction of sp³-hybridized carbons (Fsp3) is 0.500. The minimum atomic E-state index is 0.322. The molecular formula is C12H18N2O. The van der Waals surface area contributed by atoms with Gasteiger partial charge in [0, 0.05) is 12.1 Å². The average molecular weight is 206 g/mol. The van der Waals surface area contributed by atoms with Gasteiger partial charge in [0.05, 0.1) is 7.11 Å². The van der Waals surface area contributed by atoms with Crippen LogP contribution in [0, 0.1) is 0 Å². The molecule has 3 heteroatoms. The highest BCUT2D eigenvalue weighted by atomic mass is 16.5. The minimum absolute atomic E-state index is 0.322. The second kappa shape index (κ2) is 4.64. The van der Waals surface area contributed by atoms with Crippen LogP contribution in [-0.4, -0.2) is 19.7 Å². The molecule has 0 spiro atoms. The standard InChI is InChI=1S/C12H18N2O/c1-15-11-4-2-3-9(7-11)12-8-10(13)5-6-14-12/h2-4,7,10,12,14H,5-6,8,13H2,1H3. The Morgan fingerprint density at radius 3 is 3.07 bits per heavy atom. The lowest BCUT2D eigenvalue weighted by molar-refractivity contribution is 0.366. The van der Waals surface area contributed by atoms with E-state index in [9.17, 15) is 0 Å². The molecule has 3 N–H and O–H groups in total. The van der Waals surface area contributed by atoms with Gasteiger partial charge in [-0.2, -0.15) is 0 Å². The summed E-state index contributed by atoms with van der Waals surface area (Å²) in [4.78, 5) is 0. The molecule has 1 aromatic rings. The Bertz CT molecular complexity index is 327. The van der Waals surface area contributed by atoms with Crippen molar-refractivity contribution >= 4 is 0 Å². The predicted molar refractivity (Wildman–Crippen MR) is 60.9 cm³/mol. The molecular weight excluding hydrogens is 188 g/mol. The smallest absolute Gasteiger partial charge is 0.119 e. The van der Waals surface area contributed by atoms with Crippen molar-refractivity contribution in [1.82, 2.24) is 5.32 Å². The van der Waals surface area contributed by atoms with Crippen LogP contribution in [0.5, 0.6) is 5.75 Å². The number of ether oxygens (including phenoxy) is 1. The highest BCUT2D eigenvalue weighted by molar-refractivity contribution is 5.30. The summed E-state index contributed by atoms with van der Waals surface area (Å²) in [5, 5.41) is 3.48. The first-order valence-electron chi connectivity index (χ1n) is 5.42. The first kappa shape index (κ1) is 10.5. The summed E-state index contributed by atoms with van der Waals surface area (Å²) in [7, 11) is 1.69. The van der Waals surface area contributed by atoms with Gasteiger partial charge < -0.3 is 15.8 Å². The lowest BCUT2D eigenvalue weighted by Crippen LogP contribution is -2.38. The SMILES string of the molecule is COc1cccc(C2CC(N)CCN2)c1. The first-order valence-corrected chi connectivity index (χ1v) is 5.42. The van der Waals surface area contributed by atoms with E-state index in [2.05, 4.69) is 17.4 Å². The fourth-order valence-electron chi connectivity index (χ4n) is 2.06. The molecule has 0 amide bonds. The summed E-state index contributed by atoms with van der Waals surface area (Å²) in [6, 6.07) is 8.89. The second-order valence-corrected chi connectivity index (χ2v) is 4.07. The van der Waals surface area contributed by atoms with E-state index >= 15 is 0 Å². The van der Waals surface area contributed by atoms with Crippen molar-refractivity contribution in [1.29, 1.82) is 0 Å². The zero-order valence-electron chi connectivity index (χ0n) is 9.07. The highest BCUT2D eigenvalue weighted by Crippen LogP contribution is 2.25. The van der Waals surface area contributed by atoms with Crippen LogP contribution in [0.15, 0.2) is 24.3 Å². The number of nitrogens with one attached hydrogen (secondary N) is 1. The molecule has 0 bridgehead atoms. The van der Waals surface area contributed by atoms with Gasteiger partial charge in [-0.1, -0.05) is 12.1 Å². The van der Waals surface area contributed by atoms with Crippen LogP contribution in [-0.2, 0) is 0 Å². The zero-order valence-corrected chi connectivity index (χ0v) is 9.07. The van der Waals surface area contributed by atoms with Crippen molar-refractivity contribution in [3.63, 3.8) is 0 Å². The first-order chi connectivity index (χ1) is 7.29. The maximum atomic E-state index is 5.96. The fourth-order valence-corrected chi connectivity index (χ4v) is 2.06. The molecule has 1 fully saturated rings. The van der Waals surface area contributed by atoms with Gasteiger partial charge in [0.25, 0.3) is 0 Å². The van der Waals surface area contributed by atoms with Crippen LogP contribution < -0.4 is 15.8 Å². The van der Waals surface area contributed by atoms with Crippen molar-refractivity contribution in [3.8, 4) is 5.75 Å². The van der Waals surface area contributed by atoms with Crippen molar-refractivity contribution < 1.29 is 4.74 Å². The largest absolute Gasteiger partial charge is 0.497 e. The summed E-state index contributed by atoms with van der Waals surface area (Å²) >= 11 is 0. The van der Waals surface area contributed by atoms with Crippen LogP contribution in [0.3, 0.4) is 0 Å². The number of rotatable bonds is 2. The number of methoxy groups -OCH3 is 1. The molecule has 1 aliphatic rings. The topological polar surface area (TPSA) is 47.3 Å². The van der Waals surface area contributed by atoms with E-state index in [4.69, 9.17) is 10.5 Å². The van der Waals surface area contributed by atoms with Gasteiger partial charge in [-0.15, -0.1) is 0 Å². The van der Waals surface area contributed by atoms with Crippen LogP contribution in [0.2, 0.25) is 0 Å². The normalized spacial score (nSPS) is 26.3. The predicted octanol–water partition coefficient (Wildman–Crippen LogP) is 1.45. The van der Waals surface area contributed by atoms with Crippen LogP contribution in [0.25, 0.3) is 0 Å². The summed E-state index contributed by atoms with van der Waals surface area (Å²) in [6.45, 7) is 1.00. The minimum Gasteiger partial charge on any atom is -0.497 e. The van der Waals surface area contributed by atoms with Gasteiger partial charge in [-0.05, 0) is 37.1 Å². The highest BCUT2D eigenvalue weighted by Gasteiger charge is 2.19. The van der Waals surface area contributed by atoms with E-state index < -0.39 is 0 Å². The average Bonchev–Trinajstić information content (AvgIpc) is 2.29. The quantitative estimate of drug-likeness (QED) is 0.770. The summed E-state index contributed by atoms with van der Waals surface area (Å²) in [5.74, 6) is 0.911. The van der Waals surface area contributed by atoms with E-state index in [0.717, 1.165) is 25.1 Å². The Labute approximate surface area is 90.6 Å². The Hall–Kier alpha value is -1.06. The number of nitrogens with two attached hydrogens (primary N) is 1. The van der Waals surface area contributed by atoms with Gasteiger partial charge in [-0.3, -0.25) is 0 Å². The number of piperidine rings is 1. The number of benzene rings is 1. The van der Waals surface area contributed by atoms with E-state index in [1.165, 1.54) is 5.56 Å². The molecule has 0 radical (unpaired) electrons. The third-order valence-corrected chi connectivity index (χ3v) is 2.94. The summed E-state index contributed by atoms with van der Waals surface area (Å²) < 4.78 is 5.21. The Morgan fingerprint density at radius 1 is 1.47 bits per heavy atom. The Kier molecular flexibility index (Phi) is 3.23. The summed E-state index contributed by atoms with van der Waals surface area (Å²) in [5.41, 5.74) is 7.23. The number of hydrogen-bond donors (Lipinski definition) is 2. The van der Waals surface area contributed by atoms with Crippen molar-refractivity contribution in [2.45, 2.75) is 24.9 Å². The number of hydrogen-bond acceptors (Lipinski definition) is 3. The van der Waals surface area contributed by atoms with Gasteiger partial charge in [0.2, 0.25) is 0 Å². The molecule has 1 aliphatic heterocycles. The maximum absolute atomic E-state index is 5.96. The molecule has 2 unspecified atom stereocenters. The molecule has 1 aromatic carbocycles. The lowest BCUT2D eigenvalue weighted by Gasteiger charge is -2.28. The molecule has 3 nitrogen and oxygen atoms in total. The van der Waals surface area contributed by atoms with Crippen molar-refractivity contribution in [2.24, 2.45) is 5.73 Å². The van der Waals surface area contributed by atoms with E-state index in [0.29, 0.717) is 12.1 Å². The Balaban J connectivity index is 2.13. The van der Waals surface area contributed by atoms with Gasteiger partial charge in [0.1, 0.15) is 5.75 Å². The molecule has 15 heavy (non-hydrogen) atoms. The van der Waals surface area contributed by atoms with E-state index in [1.807, 2.05) is 12.1 Å². The van der Waals surface area contributed by atoms with Gasteiger partial charge in [0.15, 0.2) is 0 Å². The Morgan fingerprint density at radius 2 is 2.33 bits per heavy atom. The third kappa shape index (κ3) is 2.49. The van der Waals surface area contributed by atoms with E-state index in [-0.39, 0.29) is 0 Å². The molecule has 0 aliphatic carbocycles. The zero-order chi connectivity index (χ0) is 10.7. The monoisotopic (exact) mass is 206 g/mol. The molecule has 82 valence electrons. The maximum Gasteiger partial charge on any atom is 0.119 e. The van der Waals surface area contributed by atoms with Gasteiger partial charge >= 0.3 is 0 Å². The molecule has 2 atom stereocenters. The van der Waals surface area contributed by atoms with Gasteiger partial charge in [-0.25, -0.2) is 0 Å². The summed E-state index contributed by atoms with van der Waals surface area (Å²) in [6.07, 6.45) is 2.08. The molecule has 1 heterocycles. The molecule has 2 rings (SSSR count). The lowest BCUT2D eigenvalue weighted by atomic mass is 9.94. The van der Waals surface area contributed by atoms with Crippen molar-refractivity contribution in [3.05, 3.63) is 29.8 Å².